The zero-order valence-corrected chi connectivity index (χ0v) is 37.5. The Bertz CT molecular complexity index is 1580. The number of hydrogen-bond donors (Lipinski definition) is 3. The Labute approximate surface area is 357 Å². The van der Waals surface area contributed by atoms with Crippen LogP contribution in [0.25, 0.3) is 0 Å². The number of aliphatic hydroxyl groups excluding tert-OH is 2. The van der Waals surface area contributed by atoms with Gasteiger partial charge < -0.3 is 39.2 Å². The highest BCUT2D eigenvalue weighted by atomic mass is 16.6. The molecule has 0 unspecified atom stereocenters. The molecule has 0 aromatic rings. The zero-order chi connectivity index (χ0) is 44.7. The summed E-state index contributed by atoms with van der Waals surface area (Å²) in [5.74, 6) is -7.99. The molecule has 0 aromatic carbocycles. The number of esters is 1. The lowest BCUT2D eigenvalue weighted by molar-refractivity contribution is -0.265. The van der Waals surface area contributed by atoms with Crippen LogP contribution < -0.4 is 0 Å². The molecule has 0 saturated carbocycles. The highest BCUT2D eigenvalue weighted by Crippen LogP contribution is 2.37. The summed E-state index contributed by atoms with van der Waals surface area (Å²) in [6, 6.07) is -1.12. The minimum Gasteiger partial charge on any atom is -0.460 e. The highest BCUT2D eigenvalue weighted by molar-refractivity contribution is 6.39. The molecular weight excluding hydrogens is 771 g/mol. The largest absolute Gasteiger partial charge is 0.460 e. The number of piperidine rings is 1. The third-order valence-corrected chi connectivity index (χ3v) is 12.7. The second kappa shape index (κ2) is 24.3. The number of cyclic esters (lactones) is 1. The number of ketones is 3. The van der Waals surface area contributed by atoms with Gasteiger partial charge in [0, 0.05) is 58.0 Å². The monoisotopic (exact) mass is 844 g/mol. The van der Waals surface area contributed by atoms with E-state index in [-0.39, 0.29) is 49.4 Å². The maximum absolute atomic E-state index is 14.1. The predicted molar refractivity (Wildman–Crippen MR) is 227 cm³/mol. The number of aliphatic hydroxyl groups is 3. The van der Waals surface area contributed by atoms with Crippen molar-refractivity contribution >= 4 is 29.2 Å². The zero-order valence-electron chi connectivity index (χ0n) is 37.5. The molecule has 3 rings (SSSR count). The fourth-order valence-corrected chi connectivity index (χ4v) is 8.54. The van der Waals surface area contributed by atoms with Crippen LogP contribution in [0.2, 0.25) is 0 Å². The van der Waals surface area contributed by atoms with Gasteiger partial charge in [-0.1, -0.05) is 77.5 Å². The van der Waals surface area contributed by atoms with E-state index in [1.807, 2.05) is 58.1 Å². The Kier molecular flexibility index (Phi) is 20.7. The number of unbranched alkanes of at least 4 members (excludes halogenated alkanes) is 1. The van der Waals surface area contributed by atoms with Gasteiger partial charge in [0.15, 0.2) is 5.78 Å². The lowest BCUT2D eigenvalue weighted by Crippen LogP contribution is -2.61. The van der Waals surface area contributed by atoms with Crippen LogP contribution in [0.4, 0.5) is 0 Å². The summed E-state index contributed by atoms with van der Waals surface area (Å²) >= 11 is 0. The first-order chi connectivity index (χ1) is 28.4. The Balaban J connectivity index is 2.03. The third-order valence-electron chi connectivity index (χ3n) is 12.7. The maximum atomic E-state index is 14.1. The van der Waals surface area contributed by atoms with Gasteiger partial charge >= 0.3 is 5.97 Å². The van der Waals surface area contributed by atoms with E-state index in [0.717, 1.165) is 5.57 Å². The van der Waals surface area contributed by atoms with Crippen LogP contribution >= 0.6 is 0 Å². The lowest BCUT2D eigenvalue weighted by Gasteiger charge is -2.42. The predicted octanol–water partition coefficient (Wildman–Crippen LogP) is 5.78. The smallest absolute Gasteiger partial charge is 0.329 e. The maximum Gasteiger partial charge on any atom is 0.329 e. The standard InChI is InChI=1S/C47H73NO12/c1-29-17-11-10-12-18-30(2)39(57-8)27-36-22-21-35(7)47(56,60-36)44(53)45(54)48-23-15-13-20-37(48)46(55)59-40(31(3)19-14-16-24-49)28-38(50)32(4)26-34(6)42(52)43(58-9)41(51)33(5)25-29/h10-12,17-18,26,29,31-33,35-37,39-40,42-43,49,52,56H,13-16,19-25,27-28H2,1-9H3/b12-10?,17-11+,30-18?,34-26+/t29-,31-,32-,33-,35-,36+,37+,39+,40+,42-,43+,47-/m1/s1. The summed E-state index contributed by atoms with van der Waals surface area (Å²) in [4.78, 5) is 70.8. The second-order valence-electron chi connectivity index (χ2n) is 17.6. The van der Waals surface area contributed by atoms with Crippen molar-refractivity contribution in [3.63, 3.8) is 0 Å². The topological polar surface area (TPSA) is 186 Å². The third kappa shape index (κ3) is 13.8. The molecule has 2 saturated heterocycles. The van der Waals surface area contributed by atoms with Crippen LogP contribution in [0, 0.1) is 29.6 Å². The van der Waals surface area contributed by atoms with E-state index in [9.17, 15) is 39.3 Å². The fraction of sp³-hybridized carbons (Fsp3) is 0.723. The van der Waals surface area contributed by atoms with Crippen molar-refractivity contribution in [2.75, 3.05) is 27.4 Å². The lowest BCUT2D eigenvalue weighted by atomic mass is 9.85. The summed E-state index contributed by atoms with van der Waals surface area (Å²) in [6.45, 7) is 12.6. The molecule has 3 aliphatic heterocycles. The first-order valence-corrected chi connectivity index (χ1v) is 22.0. The van der Waals surface area contributed by atoms with E-state index in [4.69, 9.17) is 18.9 Å². The molecule has 0 aromatic heterocycles. The minimum absolute atomic E-state index is 0.0108. The van der Waals surface area contributed by atoms with Crippen LogP contribution in [0.15, 0.2) is 47.6 Å². The number of amides is 1. The van der Waals surface area contributed by atoms with Crippen molar-refractivity contribution in [3.8, 4) is 0 Å². The van der Waals surface area contributed by atoms with E-state index in [2.05, 4.69) is 0 Å². The van der Waals surface area contributed by atoms with Crippen LogP contribution in [-0.4, -0.2) is 119 Å². The SMILES string of the molecule is CO[C@H]1C[C@@H]2CC[C@@H](C)[C@@](O)(O2)C(=O)C(=O)N2CCCC[C@H]2C(=O)O[C@H]([C@H](C)CCCCO)CC(=O)[C@H](C)/C=C(\C)[C@@H](O)[C@@H](OC)C(=O)[C@H](C)C[C@H](C)/C=C/C=CC=C1C. The van der Waals surface area contributed by atoms with Crippen molar-refractivity contribution in [1.29, 1.82) is 0 Å². The van der Waals surface area contributed by atoms with E-state index in [0.29, 0.717) is 63.4 Å². The molecule has 60 heavy (non-hydrogen) atoms. The summed E-state index contributed by atoms with van der Waals surface area (Å²) in [7, 11) is 2.95. The van der Waals surface area contributed by atoms with E-state index in [1.54, 1.807) is 34.0 Å². The number of ether oxygens (including phenoxy) is 4. The molecule has 338 valence electrons. The van der Waals surface area contributed by atoms with Crippen molar-refractivity contribution in [2.24, 2.45) is 29.6 Å². The Morgan fingerprint density at radius 1 is 0.917 bits per heavy atom. The number of methoxy groups -OCH3 is 2. The summed E-state index contributed by atoms with van der Waals surface area (Å²) in [6.07, 6.45) is 11.5. The van der Waals surface area contributed by atoms with Crippen LogP contribution in [0.5, 0.6) is 0 Å². The quantitative estimate of drug-likeness (QED) is 0.122. The number of carbonyl (C=O) groups excluding carboxylic acids is 5. The van der Waals surface area contributed by atoms with Gasteiger partial charge in [-0.05, 0) is 88.2 Å². The van der Waals surface area contributed by atoms with E-state index >= 15 is 0 Å². The summed E-state index contributed by atoms with van der Waals surface area (Å²) in [5, 5.41) is 32.6. The number of hydrogen-bond acceptors (Lipinski definition) is 12. The molecule has 1 amide bonds. The van der Waals surface area contributed by atoms with Gasteiger partial charge in [-0.3, -0.25) is 19.2 Å². The van der Waals surface area contributed by atoms with Crippen LogP contribution in [0.3, 0.4) is 0 Å². The number of nitrogens with zero attached hydrogens (tertiary/aromatic N) is 1. The molecule has 3 N–H and O–H groups in total. The van der Waals surface area contributed by atoms with Crippen LogP contribution in [-0.2, 0) is 42.9 Å². The van der Waals surface area contributed by atoms with E-state index in [1.165, 1.54) is 12.0 Å². The first kappa shape index (κ1) is 51.0. The molecule has 12 atom stereocenters. The Morgan fingerprint density at radius 3 is 2.30 bits per heavy atom. The second-order valence-corrected chi connectivity index (χ2v) is 17.6. The molecule has 2 bridgehead atoms. The van der Waals surface area contributed by atoms with E-state index < -0.39 is 77.8 Å². The van der Waals surface area contributed by atoms with Crippen molar-refractivity contribution < 1.29 is 58.2 Å². The fourth-order valence-electron chi connectivity index (χ4n) is 8.54. The van der Waals surface area contributed by atoms with Crippen molar-refractivity contribution in [2.45, 2.75) is 161 Å². The average Bonchev–Trinajstić information content (AvgIpc) is 3.22. The molecule has 0 spiro atoms. The number of fused-ring (bicyclic) bond motifs is 3. The van der Waals surface area contributed by atoms with Gasteiger partial charge in [0.05, 0.1) is 12.2 Å². The number of Topliss-reactive ketones (excluding diaryl/α,β-unsaturated/α-hetero) is 3. The number of rotatable bonds is 7. The Hall–Kier alpha value is -3.33. The van der Waals surface area contributed by atoms with Gasteiger partial charge in [0.25, 0.3) is 11.7 Å². The Morgan fingerprint density at radius 2 is 1.63 bits per heavy atom. The number of carbonyl (C=O) groups is 5. The molecule has 13 nitrogen and oxygen atoms in total. The first-order valence-electron chi connectivity index (χ1n) is 22.0. The molecule has 13 heteroatoms. The molecule has 0 radical (unpaired) electrons. The van der Waals surface area contributed by atoms with Gasteiger partial charge in [-0.25, -0.2) is 4.79 Å². The van der Waals surface area contributed by atoms with Crippen molar-refractivity contribution in [3.05, 3.63) is 47.6 Å². The average molecular weight is 844 g/mol. The van der Waals surface area contributed by atoms with Gasteiger partial charge in [0.2, 0.25) is 5.79 Å². The minimum atomic E-state index is -2.42. The molecule has 2 fully saturated rings. The summed E-state index contributed by atoms with van der Waals surface area (Å²) < 4.78 is 23.5. The van der Waals surface area contributed by atoms with Gasteiger partial charge in [-0.2, -0.15) is 0 Å². The molecule has 3 heterocycles. The normalized spacial score (nSPS) is 36.1. The summed E-state index contributed by atoms with van der Waals surface area (Å²) in [5.41, 5.74) is 1.27. The molecule has 3 aliphatic rings. The van der Waals surface area contributed by atoms with Gasteiger partial charge in [0.1, 0.15) is 30.1 Å². The van der Waals surface area contributed by atoms with Gasteiger partial charge in [-0.15, -0.1) is 0 Å². The van der Waals surface area contributed by atoms with Crippen molar-refractivity contribution in [1.82, 2.24) is 4.90 Å². The molecular formula is C47H73NO12. The van der Waals surface area contributed by atoms with Crippen LogP contribution in [0.1, 0.15) is 119 Å². The molecule has 0 aliphatic carbocycles. The highest BCUT2D eigenvalue weighted by Gasteiger charge is 2.53. The number of allylic oxidation sites excluding steroid dienone is 6.